The number of unbranched alkanes of at least 4 members (excludes halogenated alkanes) is 1. The summed E-state index contributed by atoms with van der Waals surface area (Å²) in [5, 5.41) is 2.78. The third kappa shape index (κ3) is 8.23. The second kappa shape index (κ2) is 9.22. The van der Waals surface area contributed by atoms with Crippen LogP contribution < -0.4 is 10.0 Å². The van der Waals surface area contributed by atoms with Crippen molar-refractivity contribution in [3.8, 4) is 0 Å². The fourth-order valence-electron chi connectivity index (χ4n) is 2.36. The Kier molecular flexibility index (Phi) is 7.98. The van der Waals surface area contributed by atoms with Crippen molar-refractivity contribution in [3.63, 3.8) is 0 Å². The molecule has 1 aliphatic heterocycles. The first-order valence-corrected chi connectivity index (χ1v) is 9.41. The number of nitrogens with zero attached hydrogens (tertiary/aromatic N) is 1. The summed E-state index contributed by atoms with van der Waals surface area (Å²) in [5.74, 6) is 0. The van der Waals surface area contributed by atoms with Crippen LogP contribution in [0.3, 0.4) is 0 Å². The molecule has 0 aliphatic carbocycles. The number of alkyl carbamates (subject to hydrolysis) is 1. The van der Waals surface area contributed by atoms with Crippen molar-refractivity contribution in [2.24, 2.45) is 0 Å². The lowest BCUT2D eigenvalue weighted by atomic mass is 10.2. The van der Waals surface area contributed by atoms with Crippen molar-refractivity contribution in [2.75, 3.05) is 39.0 Å². The summed E-state index contributed by atoms with van der Waals surface area (Å²) in [6, 6.07) is 0.255. The molecule has 1 heterocycles. The summed E-state index contributed by atoms with van der Waals surface area (Å²) in [6.07, 6.45) is 4.73. The fourth-order valence-corrected chi connectivity index (χ4v) is 2.82. The zero-order valence-electron chi connectivity index (χ0n) is 12.9. The summed E-state index contributed by atoms with van der Waals surface area (Å²) < 4.78 is 29.6. The molecule has 1 aliphatic rings. The second-order valence-electron chi connectivity index (χ2n) is 5.37. The predicted octanol–water partition coefficient (Wildman–Crippen LogP) is 0.526. The normalized spacial score (nSPS) is 19.6. The molecule has 1 saturated heterocycles. The molecule has 1 atom stereocenters. The molecule has 1 unspecified atom stereocenters. The molecule has 0 aromatic rings. The van der Waals surface area contributed by atoms with Crippen LogP contribution in [0.5, 0.6) is 0 Å². The van der Waals surface area contributed by atoms with Gasteiger partial charge in [0.05, 0.1) is 12.9 Å². The Morgan fingerprint density at radius 3 is 2.86 bits per heavy atom. The summed E-state index contributed by atoms with van der Waals surface area (Å²) in [4.78, 5) is 13.7. The molecule has 0 spiro atoms. The lowest BCUT2D eigenvalue weighted by Gasteiger charge is -2.24. The van der Waals surface area contributed by atoms with Crippen LogP contribution in [-0.4, -0.2) is 64.5 Å². The molecule has 21 heavy (non-hydrogen) atoms. The average Bonchev–Trinajstić information content (AvgIpc) is 2.83. The second-order valence-corrected chi connectivity index (χ2v) is 7.20. The minimum Gasteiger partial charge on any atom is -0.450 e. The smallest absolute Gasteiger partial charge is 0.407 e. The Labute approximate surface area is 127 Å². The number of hydrogen-bond donors (Lipinski definition) is 2. The minimum absolute atomic E-state index is 0.255. The number of amides is 1. The van der Waals surface area contributed by atoms with Crippen LogP contribution in [0.2, 0.25) is 0 Å². The highest BCUT2D eigenvalue weighted by molar-refractivity contribution is 7.88. The number of hydrogen-bond acceptors (Lipinski definition) is 5. The Morgan fingerprint density at radius 2 is 2.19 bits per heavy atom. The largest absolute Gasteiger partial charge is 0.450 e. The molecule has 0 aromatic carbocycles. The summed E-state index contributed by atoms with van der Waals surface area (Å²) in [5.41, 5.74) is 0. The topological polar surface area (TPSA) is 87.7 Å². The quantitative estimate of drug-likeness (QED) is 0.605. The number of rotatable bonds is 9. The molecule has 7 nitrogen and oxygen atoms in total. The van der Waals surface area contributed by atoms with Gasteiger partial charge >= 0.3 is 6.09 Å². The zero-order chi connectivity index (χ0) is 15.7. The molecule has 8 heteroatoms. The van der Waals surface area contributed by atoms with Gasteiger partial charge in [0.15, 0.2) is 0 Å². The van der Waals surface area contributed by atoms with Gasteiger partial charge in [0.25, 0.3) is 0 Å². The zero-order valence-corrected chi connectivity index (χ0v) is 13.7. The first-order valence-electron chi connectivity index (χ1n) is 7.51. The van der Waals surface area contributed by atoms with Crippen molar-refractivity contribution in [1.29, 1.82) is 0 Å². The molecule has 0 radical (unpaired) electrons. The summed E-state index contributed by atoms with van der Waals surface area (Å²) >= 11 is 0. The number of likely N-dealkylation sites (tertiary alicyclic amines) is 1. The highest BCUT2D eigenvalue weighted by atomic mass is 32.2. The maximum Gasteiger partial charge on any atom is 0.407 e. The van der Waals surface area contributed by atoms with Crippen LogP contribution in [0, 0.1) is 0 Å². The standard InChI is InChI=1S/C13H27N3O4S/c1-3-4-10-20-13(17)14-11-12-6-5-8-16(12)9-7-15-21(2,18)19/h12,15H,3-11H2,1-2H3,(H,14,17). The number of carbonyl (C=O) groups is 1. The number of sulfonamides is 1. The maximum absolute atomic E-state index is 11.5. The monoisotopic (exact) mass is 321 g/mol. The van der Waals surface area contributed by atoms with Gasteiger partial charge in [-0.1, -0.05) is 13.3 Å². The summed E-state index contributed by atoms with van der Waals surface area (Å²) in [6.45, 7) is 5.03. The molecule has 1 amide bonds. The van der Waals surface area contributed by atoms with E-state index in [1.807, 2.05) is 6.92 Å². The van der Waals surface area contributed by atoms with Gasteiger partial charge in [-0.05, 0) is 25.8 Å². The molecular weight excluding hydrogens is 294 g/mol. The molecule has 124 valence electrons. The molecule has 0 aromatic heterocycles. The highest BCUT2D eigenvalue weighted by Gasteiger charge is 2.24. The van der Waals surface area contributed by atoms with E-state index in [1.54, 1.807) is 0 Å². The molecule has 1 fully saturated rings. The van der Waals surface area contributed by atoms with E-state index < -0.39 is 10.0 Å². The first-order chi connectivity index (χ1) is 9.92. The van der Waals surface area contributed by atoms with Crippen LogP contribution in [0.15, 0.2) is 0 Å². The van der Waals surface area contributed by atoms with Crippen LogP contribution in [0.4, 0.5) is 4.79 Å². The van der Waals surface area contributed by atoms with Gasteiger partial charge in [-0.15, -0.1) is 0 Å². The molecule has 0 bridgehead atoms. The molecular formula is C13H27N3O4S. The van der Waals surface area contributed by atoms with Crippen LogP contribution in [0.1, 0.15) is 32.6 Å². The van der Waals surface area contributed by atoms with Gasteiger partial charge in [0.1, 0.15) is 0 Å². The van der Waals surface area contributed by atoms with Crippen LogP contribution in [0.25, 0.3) is 0 Å². The van der Waals surface area contributed by atoms with Gasteiger partial charge < -0.3 is 10.1 Å². The summed E-state index contributed by atoms with van der Waals surface area (Å²) in [7, 11) is -3.14. The van der Waals surface area contributed by atoms with Crippen LogP contribution >= 0.6 is 0 Å². The lowest BCUT2D eigenvalue weighted by Crippen LogP contribution is -2.43. The Hall–Kier alpha value is -0.860. The predicted molar refractivity (Wildman–Crippen MR) is 81.7 cm³/mol. The van der Waals surface area contributed by atoms with E-state index >= 15 is 0 Å². The van der Waals surface area contributed by atoms with E-state index in [0.29, 0.717) is 26.2 Å². The van der Waals surface area contributed by atoms with E-state index in [-0.39, 0.29) is 12.1 Å². The van der Waals surface area contributed by atoms with Crippen molar-refractivity contribution in [3.05, 3.63) is 0 Å². The maximum atomic E-state index is 11.5. The van der Waals surface area contributed by atoms with E-state index in [9.17, 15) is 13.2 Å². The lowest BCUT2D eigenvalue weighted by molar-refractivity contribution is 0.140. The van der Waals surface area contributed by atoms with Gasteiger partial charge in [0, 0.05) is 25.7 Å². The van der Waals surface area contributed by atoms with Gasteiger partial charge in [-0.2, -0.15) is 0 Å². The molecule has 1 rings (SSSR count). The number of carbonyl (C=O) groups excluding carboxylic acids is 1. The minimum atomic E-state index is -3.14. The van der Waals surface area contributed by atoms with Crippen molar-refractivity contribution in [1.82, 2.24) is 14.9 Å². The van der Waals surface area contributed by atoms with Crippen molar-refractivity contribution >= 4 is 16.1 Å². The third-order valence-electron chi connectivity index (χ3n) is 3.48. The van der Waals surface area contributed by atoms with E-state index in [0.717, 1.165) is 38.5 Å². The Balaban J connectivity index is 2.22. The number of nitrogens with one attached hydrogen (secondary N) is 2. The van der Waals surface area contributed by atoms with E-state index in [4.69, 9.17) is 4.74 Å². The van der Waals surface area contributed by atoms with Crippen molar-refractivity contribution in [2.45, 2.75) is 38.6 Å². The Morgan fingerprint density at radius 1 is 1.43 bits per heavy atom. The Bertz CT molecular complexity index is 414. The van der Waals surface area contributed by atoms with E-state index in [2.05, 4.69) is 14.9 Å². The molecule has 0 saturated carbocycles. The average molecular weight is 321 g/mol. The van der Waals surface area contributed by atoms with Gasteiger partial charge in [0.2, 0.25) is 10.0 Å². The van der Waals surface area contributed by atoms with Crippen molar-refractivity contribution < 1.29 is 17.9 Å². The molecule has 2 N–H and O–H groups in total. The van der Waals surface area contributed by atoms with Crippen LogP contribution in [-0.2, 0) is 14.8 Å². The number of ether oxygens (including phenoxy) is 1. The first kappa shape index (κ1) is 18.2. The fraction of sp³-hybridized carbons (Fsp3) is 0.923. The van der Waals surface area contributed by atoms with Gasteiger partial charge in [-0.3, -0.25) is 4.90 Å². The van der Waals surface area contributed by atoms with Gasteiger partial charge in [-0.25, -0.2) is 17.9 Å². The highest BCUT2D eigenvalue weighted by Crippen LogP contribution is 2.15. The third-order valence-corrected chi connectivity index (χ3v) is 4.20. The SMILES string of the molecule is CCCCOC(=O)NCC1CCCN1CCNS(C)(=O)=O. The van der Waals surface area contributed by atoms with E-state index in [1.165, 1.54) is 0 Å².